The second-order valence-corrected chi connectivity index (χ2v) is 27.8. The highest BCUT2D eigenvalue weighted by Crippen LogP contribution is 2.37. The molecule has 0 unspecified atom stereocenters. The number of aryl methyl sites for hydroxylation is 1. The van der Waals surface area contributed by atoms with Crippen LogP contribution in [0.4, 0.5) is 13.2 Å². The van der Waals surface area contributed by atoms with Crippen molar-refractivity contribution in [3.05, 3.63) is 34.3 Å². The molecular weight excluding hydrogens is 1250 g/mol. The number of piperidine rings is 1. The molecular formula is C66H100ClF3N12O12. The molecule has 4 aliphatic heterocycles. The molecule has 1 aromatic rings. The number of hydrogen-bond acceptors (Lipinski definition) is 12. The average Bonchev–Trinajstić information content (AvgIpc) is 1.33. The summed E-state index contributed by atoms with van der Waals surface area (Å²) < 4.78 is 41.3. The third-order valence-corrected chi connectivity index (χ3v) is 20.4. The van der Waals surface area contributed by atoms with E-state index in [9.17, 15) is 61.1 Å². The van der Waals surface area contributed by atoms with Gasteiger partial charge in [0.1, 0.15) is 59.9 Å². The lowest BCUT2D eigenvalue weighted by molar-refractivity contribution is -0.159. The first-order chi connectivity index (χ1) is 44.0. The van der Waals surface area contributed by atoms with E-state index in [1.807, 2.05) is 20.8 Å². The van der Waals surface area contributed by atoms with Gasteiger partial charge in [0.2, 0.25) is 70.9 Å². The number of carbonyl (C=O) groups excluding carboxylic acids is 12. The Labute approximate surface area is 556 Å². The molecule has 4 saturated heterocycles. The number of hydrogen-bond donors (Lipinski definition) is 3. The van der Waals surface area contributed by atoms with Crippen LogP contribution in [0.2, 0.25) is 5.02 Å². The van der Waals surface area contributed by atoms with Crippen LogP contribution in [0.15, 0.2) is 18.2 Å². The van der Waals surface area contributed by atoms with Gasteiger partial charge in [0, 0.05) is 68.5 Å². The van der Waals surface area contributed by atoms with Crippen molar-refractivity contribution in [3.63, 3.8) is 0 Å². The summed E-state index contributed by atoms with van der Waals surface area (Å²) in [6, 6.07) is -7.99. The fraction of sp³-hybridized carbons (Fsp3) is 0.727. The molecule has 10 atom stereocenters. The quantitative estimate of drug-likeness (QED) is 0.316. The molecule has 0 radical (unpaired) electrons. The maximum Gasteiger partial charge on any atom is 0.417 e. The molecule has 1 aromatic carbocycles. The van der Waals surface area contributed by atoms with Gasteiger partial charge in [-0.1, -0.05) is 78.5 Å². The lowest BCUT2D eigenvalue weighted by Crippen LogP contribution is -2.65. The number of likely N-dealkylation sites (tertiary alicyclic amines) is 1. The molecule has 0 aromatic heterocycles. The van der Waals surface area contributed by atoms with Crippen LogP contribution < -0.4 is 16.0 Å². The Morgan fingerprint density at radius 3 is 1.83 bits per heavy atom. The maximum absolute atomic E-state index is 15.3. The van der Waals surface area contributed by atoms with Crippen molar-refractivity contribution in [1.82, 2.24) is 60.0 Å². The number of carbonyl (C=O) groups is 12. The van der Waals surface area contributed by atoms with E-state index in [-0.39, 0.29) is 69.5 Å². The zero-order valence-electron chi connectivity index (χ0n) is 57.2. The standard InChI is InChI=1S/C66H100ClF3N12O12/c1-15-40(6)53-62(92)76(11)42(8)58(88)82-33-27-48(82)60(90)75(10)41(7)57(87)74(9)37-51(83)71-46(26-24-43-23-25-44(45(67)35-43)66(68,69)70)59(89)81-32-21-22-47(81)56(86)73-65(28-17-18-29-65)64(94)79(14)54(39(4)5)63(93)78(13)50(61(91)80-30-19-16-20-31-80)36-52(84)77(12)49(34-38(2)3)55(85)72-53/h23,25,35,38-42,46-50,53-54H,15-22,24,26-34,36-37H2,1-14H3,(H,71,83)(H,72,85)(H,73,86)/t40-,41-,42-,46-,47-,48-,49-,50-,53-,54-/m0/s1. The lowest BCUT2D eigenvalue weighted by atomic mass is 9.91. The molecule has 12 amide bonds. The van der Waals surface area contributed by atoms with Gasteiger partial charge in [0.05, 0.1) is 23.6 Å². The topological polar surface area (TPSA) is 270 Å². The molecule has 4 heterocycles. The Morgan fingerprint density at radius 2 is 1.27 bits per heavy atom. The normalized spacial score (nSPS) is 27.6. The Hall–Kier alpha value is -7.06. The van der Waals surface area contributed by atoms with Crippen LogP contribution >= 0.6 is 11.6 Å². The summed E-state index contributed by atoms with van der Waals surface area (Å²) in [5, 5.41) is 8.01. The molecule has 28 heteroatoms. The Kier molecular flexibility index (Phi) is 26.0. The van der Waals surface area contributed by atoms with Crippen LogP contribution in [0.5, 0.6) is 0 Å². The number of likely N-dealkylation sites (N-methyl/N-ethyl adjacent to an activating group) is 6. The zero-order valence-corrected chi connectivity index (χ0v) is 58.0. The first kappa shape index (κ1) is 76.0. The highest BCUT2D eigenvalue weighted by Gasteiger charge is 2.51. The second kappa shape index (κ2) is 32.1. The molecule has 3 N–H and O–H groups in total. The van der Waals surface area contributed by atoms with Crippen molar-refractivity contribution >= 4 is 82.5 Å². The van der Waals surface area contributed by atoms with Gasteiger partial charge in [-0.25, -0.2) is 0 Å². The Balaban J connectivity index is 1.40. The molecule has 1 spiro atoms. The van der Waals surface area contributed by atoms with E-state index in [4.69, 9.17) is 11.6 Å². The number of alkyl halides is 3. The summed E-state index contributed by atoms with van der Waals surface area (Å²) in [4.78, 5) is 188. The number of rotatable bonds is 9. The molecule has 1 saturated carbocycles. The largest absolute Gasteiger partial charge is 0.417 e. The van der Waals surface area contributed by atoms with E-state index in [1.54, 1.807) is 25.7 Å². The average molecular weight is 1350 g/mol. The number of nitrogens with one attached hydrogen (secondary N) is 3. The third kappa shape index (κ3) is 17.3. The number of benzene rings is 1. The molecule has 94 heavy (non-hydrogen) atoms. The van der Waals surface area contributed by atoms with E-state index in [2.05, 4.69) is 16.0 Å². The highest BCUT2D eigenvalue weighted by molar-refractivity contribution is 6.31. The van der Waals surface area contributed by atoms with E-state index >= 15 is 9.59 Å². The number of amides is 12. The minimum atomic E-state index is -4.76. The summed E-state index contributed by atoms with van der Waals surface area (Å²) in [5.41, 5.74) is -2.37. The minimum absolute atomic E-state index is 0.0282. The molecule has 524 valence electrons. The first-order valence-electron chi connectivity index (χ1n) is 33.2. The van der Waals surface area contributed by atoms with Crippen molar-refractivity contribution in [2.75, 3.05) is 75.0 Å². The lowest BCUT2D eigenvalue weighted by Gasteiger charge is -2.44. The second-order valence-electron chi connectivity index (χ2n) is 27.4. The number of fused-ring (bicyclic) bond motifs is 2. The predicted octanol–water partition coefficient (Wildman–Crippen LogP) is 4.08. The first-order valence-corrected chi connectivity index (χ1v) is 33.6. The van der Waals surface area contributed by atoms with Crippen LogP contribution in [0.25, 0.3) is 0 Å². The number of nitrogens with zero attached hydrogens (tertiary/aromatic N) is 9. The van der Waals surface area contributed by atoms with E-state index in [0.29, 0.717) is 51.6 Å². The van der Waals surface area contributed by atoms with Gasteiger partial charge in [-0.2, -0.15) is 13.2 Å². The van der Waals surface area contributed by atoms with Gasteiger partial charge in [0.25, 0.3) is 0 Å². The van der Waals surface area contributed by atoms with Crippen molar-refractivity contribution in [1.29, 1.82) is 0 Å². The summed E-state index contributed by atoms with van der Waals surface area (Å²) in [7, 11) is 8.36. The van der Waals surface area contributed by atoms with Crippen molar-refractivity contribution in [2.45, 2.75) is 218 Å². The summed E-state index contributed by atoms with van der Waals surface area (Å²) >= 11 is 6.10. The smallest absolute Gasteiger partial charge is 0.343 e. The molecule has 5 fully saturated rings. The Bertz CT molecular complexity index is 3000. The van der Waals surface area contributed by atoms with Crippen LogP contribution in [0.1, 0.15) is 156 Å². The van der Waals surface area contributed by atoms with Gasteiger partial charge >= 0.3 is 6.18 Å². The molecule has 6 rings (SSSR count). The van der Waals surface area contributed by atoms with Crippen LogP contribution in [0, 0.1) is 17.8 Å². The molecule has 0 bridgehead atoms. The molecule has 5 aliphatic rings. The highest BCUT2D eigenvalue weighted by atomic mass is 35.5. The molecule has 1 aliphatic carbocycles. The van der Waals surface area contributed by atoms with Gasteiger partial charge < -0.3 is 60.0 Å². The van der Waals surface area contributed by atoms with Crippen LogP contribution in [-0.2, 0) is 70.1 Å². The zero-order chi connectivity index (χ0) is 70.2. The summed E-state index contributed by atoms with van der Waals surface area (Å²) in [6.45, 7) is 13.9. The maximum atomic E-state index is 15.3. The number of halogens is 4. The fourth-order valence-electron chi connectivity index (χ4n) is 13.6. The SMILES string of the molecule is CC[C@H](C)[C@@H]1NC(=O)[C@H](CC(C)C)N(C)C(=O)C[C@@H](C(=O)N2CCCCC2)N(C)C(=O)[C@H](C(C)C)N(C)C(=O)C2(CCCC2)NC(=O)[C@@H]2CCCN2C(=O)[C@H](CCc2ccc(C(F)(F)F)c(Cl)c2)NC(=O)CN(C)C(=O)[C@H](C)N(C)C(=O)[C@@H]2CCN2C(=O)[C@H](C)N(C)C1=O. The predicted molar refractivity (Wildman–Crippen MR) is 343 cm³/mol. The van der Waals surface area contributed by atoms with E-state index < -0.39 is 172 Å². The van der Waals surface area contributed by atoms with Crippen LogP contribution in [-0.4, -0.2) is 250 Å². The fourth-order valence-corrected chi connectivity index (χ4v) is 13.9. The van der Waals surface area contributed by atoms with Crippen LogP contribution in [0.3, 0.4) is 0 Å². The van der Waals surface area contributed by atoms with E-state index in [0.717, 1.165) is 28.4 Å². The van der Waals surface area contributed by atoms with Crippen molar-refractivity contribution in [3.8, 4) is 0 Å². The Morgan fingerprint density at radius 1 is 0.660 bits per heavy atom. The van der Waals surface area contributed by atoms with Gasteiger partial charge in [-0.05, 0) is 120 Å². The van der Waals surface area contributed by atoms with Gasteiger partial charge in [0.15, 0.2) is 0 Å². The van der Waals surface area contributed by atoms with Gasteiger partial charge in [-0.3, -0.25) is 57.5 Å². The summed E-state index contributed by atoms with van der Waals surface area (Å²) in [5.74, 6) is -9.20. The van der Waals surface area contributed by atoms with Crippen molar-refractivity contribution < 1.29 is 70.7 Å². The molecule has 24 nitrogen and oxygen atoms in total. The monoisotopic (exact) mass is 1340 g/mol. The summed E-state index contributed by atoms with van der Waals surface area (Å²) in [6.07, 6.45) is -0.892. The minimum Gasteiger partial charge on any atom is -0.343 e. The van der Waals surface area contributed by atoms with Gasteiger partial charge in [-0.15, -0.1) is 0 Å². The van der Waals surface area contributed by atoms with E-state index in [1.165, 1.54) is 91.6 Å². The third-order valence-electron chi connectivity index (χ3n) is 20.1. The van der Waals surface area contributed by atoms with Crippen molar-refractivity contribution in [2.24, 2.45) is 17.8 Å².